The van der Waals surface area contributed by atoms with Gasteiger partial charge in [0.25, 0.3) is 0 Å². The minimum Gasteiger partial charge on any atom is -0.323 e. The Hall–Kier alpha value is -0.570. The van der Waals surface area contributed by atoms with E-state index in [0.29, 0.717) is 12.0 Å². The summed E-state index contributed by atoms with van der Waals surface area (Å²) in [6.07, 6.45) is 3.96. The fourth-order valence-corrected chi connectivity index (χ4v) is 2.92. The van der Waals surface area contributed by atoms with Crippen LogP contribution in [0.5, 0.6) is 0 Å². The predicted octanol–water partition coefficient (Wildman–Crippen LogP) is 1.34. The predicted molar refractivity (Wildman–Crippen MR) is 55.7 cm³/mol. The highest BCUT2D eigenvalue weighted by molar-refractivity contribution is 5.84. The highest BCUT2D eigenvalue weighted by Crippen LogP contribution is 2.32. The first-order valence-corrected chi connectivity index (χ1v) is 5.69. The lowest BCUT2D eigenvalue weighted by molar-refractivity contribution is -0.132. The minimum atomic E-state index is 0.0119. The smallest absolute Gasteiger partial charge is 0.240 e. The average molecular weight is 196 g/mol. The molecule has 2 rings (SSSR count). The zero-order chi connectivity index (χ0) is 10.3. The molecule has 0 aromatic rings. The van der Waals surface area contributed by atoms with E-state index < -0.39 is 0 Å². The number of hydrogen-bond acceptors (Lipinski definition) is 2. The van der Waals surface area contributed by atoms with Gasteiger partial charge in [-0.15, -0.1) is 0 Å². The summed E-state index contributed by atoms with van der Waals surface area (Å²) in [5.41, 5.74) is 0. The quantitative estimate of drug-likeness (QED) is 0.686. The van der Waals surface area contributed by atoms with Crippen LogP contribution in [0.4, 0.5) is 0 Å². The first-order chi connectivity index (χ1) is 6.61. The van der Waals surface area contributed by atoms with Crippen LogP contribution < -0.4 is 5.32 Å². The third-order valence-electron chi connectivity index (χ3n) is 3.71. The van der Waals surface area contributed by atoms with Crippen LogP contribution in [0.15, 0.2) is 0 Å². The molecule has 0 radical (unpaired) electrons. The number of rotatable bonds is 1. The Bertz CT molecular complexity index is 241. The molecule has 1 heterocycles. The van der Waals surface area contributed by atoms with Gasteiger partial charge in [0.15, 0.2) is 0 Å². The molecule has 2 fully saturated rings. The summed E-state index contributed by atoms with van der Waals surface area (Å²) in [4.78, 5) is 14.0. The van der Waals surface area contributed by atoms with E-state index in [9.17, 15) is 4.79 Å². The van der Waals surface area contributed by atoms with Gasteiger partial charge in [-0.2, -0.15) is 0 Å². The Morgan fingerprint density at radius 3 is 2.43 bits per heavy atom. The molecule has 1 saturated carbocycles. The molecule has 80 valence electrons. The Labute approximate surface area is 85.8 Å². The molecule has 0 aromatic carbocycles. The molecule has 2 aliphatic rings. The van der Waals surface area contributed by atoms with E-state index in [-0.39, 0.29) is 18.1 Å². The van der Waals surface area contributed by atoms with Crippen LogP contribution in [0.25, 0.3) is 0 Å². The Morgan fingerprint density at radius 2 is 2.00 bits per heavy atom. The molecule has 1 aliphatic carbocycles. The van der Waals surface area contributed by atoms with Crippen molar-refractivity contribution in [1.29, 1.82) is 0 Å². The maximum absolute atomic E-state index is 11.9. The summed E-state index contributed by atoms with van der Waals surface area (Å²) in [5.74, 6) is 0.963. The number of hydrogen-bond donors (Lipinski definition) is 1. The van der Waals surface area contributed by atoms with Crippen LogP contribution in [0.1, 0.15) is 40.0 Å². The lowest BCUT2D eigenvalue weighted by Crippen LogP contribution is -2.44. The molecule has 0 aromatic heterocycles. The number of nitrogens with zero attached hydrogens (tertiary/aromatic N) is 1. The lowest BCUT2D eigenvalue weighted by atomic mass is 10.0. The summed E-state index contributed by atoms with van der Waals surface area (Å²) in [6.45, 7) is 6.31. The van der Waals surface area contributed by atoms with Gasteiger partial charge in [-0.1, -0.05) is 13.3 Å². The van der Waals surface area contributed by atoms with E-state index in [1.807, 2.05) is 6.92 Å². The molecule has 3 heteroatoms. The molecule has 1 saturated heterocycles. The van der Waals surface area contributed by atoms with Crippen LogP contribution in [-0.4, -0.2) is 29.1 Å². The standard InChI is InChI=1S/C11H20N2O/c1-7-5-4-6-10(7)13-9(3)12-8(2)11(13)14/h7-10,12H,4-6H2,1-3H3. The molecule has 14 heavy (non-hydrogen) atoms. The largest absolute Gasteiger partial charge is 0.323 e. The van der Waals surface area contributed by atoms with Gasteiger partial charge in [-0.3, -0.25) is 10.1 Å². The number of amides is 1. The van der Waals surface area contributed by atoms with Crippen molar-refractivity contribution >= 4 is 5.91 Å². The van der Waals surface area contributed by atoms with Crippen molar-refractivity contribution in [3.05, 3.63) is 0 Å². The number of nitrogens with one attached hydrogen (secondary N) is 1. The van der Waals surface area contributed by atoms with E-state index in [2.05, 4.69) is 24.1 Å². The van der Waals surface area contributed by atoms with Gasteiger partial charge in [0, 0.05) is 6.04 Å². The van der Waals surface area contributed by atoms with Crippen molar-refractivity contribution in [1.82, 2.24) is 10.2 Å². The fraction of sp³-hybridized carbons (Fsp3) is 0.909. The van der Waals surface area contributed by atoms with Crippen molar-refractivity contribution in [2.75, 3.05) is 0 Å². The third kappa shape index (κ3) is 1.44. The third-order valence-corrected chi connectivity index (χ3v) is 3.71. The molecule has 1 aliphatic heterocycles. The molecule has 0 bridgehead atoms. The lowest BCUT2D eigenvalue weighted by Gasteiger charge is -2.31. The van der Waals surface area contributed by atoms with Crippen LogP contribution in [0.2, 0.25) is 0 Å². The number of carbonyl (C=O) groups excluding carboxylic acids is 1. The number of carbonyl (C=O) groups is 1. The first-order valence-electron chi connectivity index (χ1n) is 5.69. The van der Waals surface area contributed by atoms with Crippen molar-refractivity contribution in [3.63, 3.8) is 0 Å². The Morgan fingerprint density at radius 1 is 1.29 bits per heavy atom. The second kappa shape index (κ2) is 3.54. The zero-order valence-corrected chi connectivity index (χ0v) is 9.29. The second-order valence-electron chi connectivity index (χ2n) is 4.79. The monoisotopic (exact) mass is 196 g/mol. The van der Waals surface area contributed by atoms with E-state index in [1.54, 1.807) is 0 Å². The van der Waals surface area contributed by atoms with Crippen LogP contribution in [0, 0.1) is 5.92 Å². The molecule has 4 unspecified atom stereocenters. The normalized spacial score (nSPS) is 43.6. The molecule has 1 N–H and O–H groups in total. The Kier molecular flexibility index (Phi) is 2.52. The zero-order valence-electron chi connectivity index (χ0n) is 9.29. The van der Waals surface area contributed by atoms with Gasteiger partial charge in [0.2, 0.25) is 5.91 Å². The SMILES string of the molecule is CC1NC(C)N(C2CCCC2C)C1=O. The molecular formula is C11H20N2O. The van der Waals surface area contributed by atoms with Crippen LogP contribution >= 0.6 is 0 Å². The van der Waals surface area contributed by atoms with Crippen LogP contribution in [0.3, 0.4) is 0 Å². The van der Waals surface area contributed by atoms with Crippen molar-refractivity contribution in [2.24, 2.45) is 5.92 Å². The second-order valence-corrected chi connectivity index (χ2v) is 4.79. The minimum absolute atomic E-state index is 0.0119. The van der Waals surface area contributed by atoms with Gasteiger partial charge in [-0.05, 0) is 32.6 Å². The van der Waals surface area contributed by atoms with Gasteiger partial charge < -0.3 is 4.90 Å². The summed E-state index contributed by atoms with van der Waals surface area (Å²) in [7, 11) is 0. The highest BCUT2D eigenvalue weighted by Gasteiger charge is 2.41. The summed E-state index contributed by atoms with van der Waals surface area (Å²) in [5, 5.41) is 3.29. The molecule has 1 amide bonds. The van der Waals surface area contributed by atoms with Crippen molar-refractivity contribution in [3.8, 4) is 0 Å². The van der Waals surface area contributed by atoms with Crippen LogP contribution in [-0.2, 0) is 4.79 Å². The highest BCUT2D eigenvalue weighted by atomic mass is 16.2. The van der Waals surface area contributed by atoms with Gasteiger partial charge >= 0.3 is 0 Å². The maximum atomic E-state index is 11.9. The topological polar surface area (TPSA) is 32.3 Å². The van der Waals surface area contributed by atoms with Gasteiger partial charge in [-0.25, -0.2) is 0 Å². The van der Waals surface area contributed by atoms with Crippen molar-refractivity contribution < 1.29 is 4.79 Å². The molecular weight excluding hydrogens is 176 g/mol. The maximum Gasteiger partial charge on any atom is 0.240 e. The first kappa shape index (κ1) is 9.97. The summed E-state index contributed by atoms with van der Waals surface area (Å²) in [6, 6.07) is 0.493. The molecule has 4 atom stereocenters. The van der Waals surface area contributed by atoms with E-state index >= 15 is 0 Å². The van der Waals surface area contributed by atoms with Gasteiger partial charge in [0.1, 0.15) is 0 Å². The van der Waals surface area contributed by atoms with Gasteiger partial charge in [0.05, 0.1) is 12.2 Å². The fourth-order valence-electron chi connectivity index (χ4n) is 2.92. The van der Waals surface area contributed by atoms with E-state index in [1.165, 1.54) is 19.3 Å². The average Bonchev–Trinajstić information content (AvgIpc) is 2.60. The van der Waals surface area contributed by atoms with E-state index in [0.717, 1.165) is 0 Å². The van der Waals surface area contributed by atoms with Crippen molar-refractivity contribution in [2.45, 2.75) is 58.3 Å². The Balaban J connectivity index is 2.13. The van der Waals surface area contributed by atoms with E-state index in [4.69, 9.17) is 0 Å². The summed E-state index contributed by atoms with van der Waals surface area (Å²) < 4.78 is 0. The molecule has 3 nitrogen and oxygen atoms in total. The summed E-state index contributed by atoms with van der Waals surface area (Å²) >= 11 is 0. The molecule has 0 spiro atoms.